The second-order valence-corrected chi connectivity index (χ2v) is 11.2. The fraction of sp³-hybridized carbons (Fsp3) is 0.333. The molecule has 1 atom stereocenters. The first-order chi connectivity index (χ1) is 18.8. The van der Waals surface area contributed by atoms with Gasteiger partial charge in [-0.3, -0.25) is 0 Å². The number of quaternary nitrogens is 1. The highest BCUT2D eigenvalue weighted by Crippen LogP contribution is 2.44. The van der Waals surface area contributed by atoms with Crippen LogP contribution < -0.4 is 18.7 Å². The zero-order valence-corrected chi connectivity index (χ0v) is 25.3. The zero-order valence-electron chi connectivity index (χ0n) is 22.9. The summed E-state index contributed by atoms with van der Waals surface area (Å²) < 4.78 is 19.7. The van der Waals surface area contributed by atoms with Gasteiger partial charge in [0.05, 0.1) is 33.6 Å². The average Bonchev–Trinajstić information content (AvgIpc) is 3.27. The van der Waals surface area contributed by atoms with Crippen LogP contribution in [0.4, 0.5) is 5.69 Å². The Kier molecular flexibility index (Phi) is 9.20. The van der Waals surface area contributed by atoms with E-state index in [1.165, 1.54) is 0 Å². The monoisotopic (exact) mass is 614 g/mol. The molecule has 0 saturated carbocycles. The van der Waals surface area contributed by atoms with Crippen LogP contribution in [0.25, 0.3) is 5.65 Å². The van der Waals surface area contributed by atoms with E-state index in [1.807, 2.05) is 42.6 Å². The number of imidazole rings is 1. The van der Waals surface area contributed by atoms with E-state index in [0.717, 1.165) is 45.7 Å². The number of carbonyl (C=O) groups is 1. The molecule has 0 N–H and O–H groups in total. The third-order valence-electron chi connectivity index (χ3n) is 7.00. The average molecular weight is 616 g/mol. The van der Waals surface area contributed by atoms with Crippen LogP contribution in [-0.2, 0) is 17.8 Å². The maximum absolute atomic E-state index is 13.2. The van der Waals surface area contributed by atoms with Gasteiger partial charge in [0.1, 0.15) is 28.7 Å². The lowest BCUT2D eigenvalue weighted by Gasteiger charge is -2.33. The Balaban J connectivity index is 1.90. The largest absolute Gasteiger partial charge is 0.496 e. The van der Waals surface area contributed by atoms with Crippen molar-refractivity contribution in [2.24, 2.45) is 5.92 Å². The van der Waals surface area contributed by atoms with Gasteiger partial charge in [-0.1, -0.05) is 47.4 Å². The third-order valence-corrected chi connectivity index (χ3v) is 7.85. The van der Waals surface area contributed by atoms with Gasteiger partial charge in [0.2, 0.25) is 0 Å². The molecule has 0 saturated heterocycles. The number of ether oxygens (including phenoxy) is 3. The second-order valence-electron chi connectivity index (χ2n) is 9.90. The summed E-state index contributed by atoms with van der Waals surface area (Å²) in [5, 5.41) is 0.353. The number of halogens is 2. The normalized spacial score (nSPS) is 12.9. The summed E-state index contributed by atoms with van der Waals surface area (Å²) in [6.07, 6.45) is 4.35. The van der Waals surface area contributed by atoms with Crippen LogP contribution in [0.15, 0.2) is 59.2 Å². The Labute approximate surface area is 243 Å². The number of amides is 1. The Bertz CT molecular complexity index is 1470. The van der Waals surface area contributed by atoms with Gasteiger partial charge in [-0.05, 0) is 48.7 Å². The maximum atomic E-state index is 13.2. The highest BCUT2D eigenvalue weighted by atomic mass is 79.9. The molecule has 0 fully saturated rings. The van der Waals surface area contributed by atoms with Gasteiger partial charge in [0.25, 0.3) is 0 Å². The molecule has 4 aromatic rings. The summed E-state index contributed by atoms with van der Waals surface area (Å²) >= 11 is 10.5. The molecule has 9 heteroatoms. The molecule has 1 unspecified atom stereocenters. The fourth-order valence-electron chi connectivity index (χ4n) is 4.88. The van der Waals surface area contributed by atoms with Crippen LogP contribution in [0.2, 0.25) is 5.02 Å². The van der Waals surface area contributed by atoms with Crippen molar-refractivity contribution in [3.63, 3.8) is 0 Å². The van der Waals surface area contributed by atoms with E-state index in [2.05, 4.69) is 40.2 Å². The molecule has 206 valence electrons. The molecule has 0 aliphatic heterocycles. The number of hydrogen-bond donors (Lipinski definition) is 0. The van der Waals surface area contributed by atoms with Crippen LogP contribution in [0, 0.1) is 5.92 Å². The van der Waals surface area contributed by atoms with Crippen molar-refractivity contribution >= 4 is 45.3 Å². The smallest absolute Gasteiger partial charge is 0.306 e. The molecule has 2 heterocycles. The molecular formula is C30H34BrClN3O4+. The lowest BCUT2D eigenvalue weighted by Crippen LogP contribution is -2.49. The molecule has 0 radical (unpaired) electrons. The number of carbonyl (C=O) groups excluding carboxylic acids is 1. The van der Waals surface area contributed by atoms with Gasteiger partial charge in [-0.25, -0.2) is 14.3 Å². The van der Waals surface area contributed by atoms with Crippen molar-refractivity contribution in [1.82, 2.24) is 13.9 Å². The van der Waals surface area contributed by atoms with Gasteiger partial charge in [0.15, 0.2) is 17.2 Å². The summed E-state index contributed by atoms with van der Waals surface area (Å²) in [6.45, 7) is 5.15. The van der Waals surface area contributed by atoms with E-state index in [4.69, 9.17) is 30.8 Å². The Morgan fingerprint density at radius 2 is 1.79 bits per heavy atom. The quantitative estimate of drug-likeness (QED) is 0.126. The van der Waals surface area contributed by atoms with Gasteiger partial charge >= 0.3 is 6.41 Å². The molecule has 0 aliphatic carbocycles. The lowest BCUT2D eigenvalue weighted by atomic mass is 10.0. The Morgan fingerprint density at radius 1 is 1.05 bits per heavy atom. The highest BCUT2D eigenvalue weighted by molar-refractivity contribution is 9.10. The molecule has 2 aromatic carbocycles. The van der Waals surface area contributed by atoms with E-state index in [1.54, 1.807) is 27.4 Å². The van der Waals surface area contributed by atoms with E-state index in [9.17, 15) is 4.79 Å². The van der Waals surface area contributed by atoms with Crippen LogP contribution in [0.3, 0.4) is 0 Å². The van der Waals surface area contributed by atoms with Crippen LogP contribution in [0.5, 0.6) is 17.2 Å². The number of aromatic nitrogens is 2. The summed E-state index contributed by atoms with van der Waals surface area (Å²) in [7, 11) is 4.78. The summed E-state index contributed by atoms with van der Waals surface area (Å²) in [6, 6.07) is 15.5. The predicted octanol–water partition coefficient (Wildman–Crippen LogP) is 7.08. The number of pyridine rings is 1. The minimum absolute atomic E-state index is 0.0378. The van der Waals surface area contributed by atoms with Crippen molar-refractivity contribution in [2.75, 3.05) is 27.9 Å². The van der Waals surface area contributed by atoms with E-state index in [-0.39, 0.29) is 4.48 Å². The standard InChI is InChI=1S/C30H34BrClN3O4/c1-20(2)13-15-35(19-36,25-10-12-27(38-4)30(39-5)29(25)32)18-23-24(34-14-7-6-8-28(34)33-23)17-21-16-22(31)9-11-26(21)37-3/h6-12,14,16,19-20H,13,15,17-18H2,1-5H3/q+1. The van der Waals surface area contributed by atoms with Crippen molar-refractivity contribution in [2.45, 2.75) is 33.2 Å². The minimum atomic E-state index is -0.0378. The van der Waals surface area contributed by atoms with Gasteiger partial charge in [-0.2, -0.15) is 0 Å². The van der Waals surface area contributed by atoms with Crippen LogP contribution in [0.1, 0.15) is 37.2 Å². The molecular weight excluding hydrogens is 582 g/mol. The summed E-state index contributed by atoms with van der Waals surface area (Å²) in [4.78, 5) is 18.2. The number of hydrogen-bond acceptors (Lipinski definition) is 5. The van der Waals surface area contributed by atoms with Gasteiger partial charge in [-0.15, -0.1) is 0 Å². The zero-order chi connectivity index (χ0) is 28.2. The topological polar surface area (TPSA) is 62.1 Å². The Morgan fingerprint density at radius 3 is 2.46 bits per heavy atom. The number of rotatable bonds is 12. The first-order valence-corrected chi connectivity index (χ1v) is 13.9. The first-order valence-electron chi connectivity index (χ1n) is 12.8. The number of methoxy groups -OCH3 is 3. The molecule has 4 rings (SSSR count). The molecule has 2 aromatic heterocycles. The third kappa shape index (κ3) is 5.93. The van der Waals surface area contributed by atoms with Crippen molar-refractivity contribution < 1.29 is 19.0 Å². The van der Waals surface area contributed by atoms with Crippen LogP contribution >= 0.6 is 27.5 Å². The first kappa shape index (κ1) is 28.9. The molecule has 1 amide bonds. The maximum Gasteiger partial charge on any atom is 0.306 e. The molecule has 0 bridgehead atoms. The molecule has 0 spiro atoms. The molecule has 0 aliphatic rings. The van der Waals surface area contributed by atoms with Crippen LogP contribution in [-0.4, -0.2) is 43.7 Å². The summed E-state index contributed by atoms with van der Waals surface area (Å²) in [5.41, 5.74) is 4.25. The van der Waals surface area contributed by atoms with Crippen molar-refractivity contribution in [1.29, 1.82) is 0 Å². The molecule has 7 nitrogen and oxygen atoms in total. The van der Waals surface area contributed by atoms with Crippen molar-refractivity contribution in [3.8, 4) is 17.2 Å². The summed E-state index contributed by atoms with van der Waals surface area (Å²) in [5.74, 6) is 2.08. The number of fused-ring (bicyclic) bond motifs is 1. The Hall–Kier alpha value is -3.07. The lowest BCUT2D eigenvalue weighted by molar-refractivity contribution is -0.118. The fourth-order valence-corrected chi connectivity index (χ4v) is 5.69. The van der Waals surface area contributed by atoms with Crippen molar-refractivity contribution in [3.05, 3.63) is 81.2 Å². The predicted molar refractivity (Wildman–Crippen MR) is 159 cm³/mol. The van der Waals surface area contributed by atoms with E-state index < -0.39 is 0 Å². The SMILES string of the molecule is COc1ccc(Br)cc1Cc1c(C[N+](C=O)(CCC(C)C)c2ccc(OC)c(OC)c2Cl)nc2ccccn12. The highest BCUT2D eigenvalue weighted by Gasteiger charge is 2.37. The molecule has 39 heavy (non-hydrogen) atoms. The van der Waals surface area contributed by atoms with Gasteiger partial charge < -0.3 is 18.6 Å². The number of benzene rings is 2. The van der Waals surface area contributed by atoms with Gasteiger partial charge in [0, 0.05) is 28.7 Å². The number of nitrogens with zero attached hydrogens (tertiary/aromatic N) is 3. The second kappa shape index (κ2) is 12.4. The van der Waals surface area contributed by atoms with E-state index >= 15 is 0 Å². The minimum Gasteiger partial charge on any atom is -0.496 e. The van der Waals surface area contributed by atoms with E-state index in [0.29, 0.717) is 47.6 Å².